The van der Waals surface area contributed by atoms with Crippen LogP contribution in [0.15, 0.2) is 24.3 Å². The van der Waals surface area contributed by atoms with E-state index in [1.807, 2.05) is 0 Å². The number of aliphatic hydroxyl groups excluding tert-OH is 1. The Hall–Kier alpha value is -0.900. The van der Waals surface area contributed by atoms with Crippen molar-refractivity contribution in [1.82, 2.24) is 5.32 Å². The molecule has 0 radical (unpaired) electrons. The van der Waals surface area contributed by atoms with Gasteiger partial charge in [0.15, 0.2) is 0 Å². The van der Waals surface area contributed by atoms with Gasteiger partial charge in [-0.2, -0.15) is 0 Å². The summed E-state index contributed by atoms with van der Waals surface area (Å²) < 4.78 is 5.35. The summed E-state index contributed by atoms with van der Waals surface area (Å²) in [6, 6.07) is 9.15. The van der Waals surface area contributed by atoms with Gasteiger partial charge in [0.1, 0.15) is 0 Å². The molecule has 1 aliphatic heterocycles. The van der Waals surface area contributed by atoms with Gasteiger partial charge in [-0.05, 0) is 42.7 Å². The zero-order chi connectivity index (χ0) is 16.3. The summed E-state index contributed by atoms with van der Waals surface area (Å²) in [7, 11) is 0. The Kier molecular flexibility index (Phi) is 5.40. The van der Waals surface area contributed by atoms with Crippen molar-refractivity contribution >= 4 is 0 Å². The lowest BCUT2D eigenvalue weighted by molar-refractivity contribution is -0.135. The van der Waals surface area contributed by atoms with Gasteiger partial charge in [-0.25, -0.2) is 0 Å². The molecule has 1 atom stereocenters. The van der Waals surface area contributed by atoms with Gasteiger partial charge in [-0.15, -0.1) is 0 Å². The van der Waals surface area contributed by atoms with Crippen LogP contribution in [-0.4, -0.2) is 31.5 Å². The van der Waals surface area contributed by atoms with Crippen LogP contribution in [0.5, 0.6) is 0 Å². The minimum atomic E-state index is -0.0666. The highest BCUT2D eigenvalue weighted by atomic mass is 16.5. The Labute approximate surface area is 140 Å². The van der Waals surface area contributed by atoms with E-state index in [9.17, 15) is 5.11 Å². The second kappa shape index (κ2) is 7.33. The molecule has 1 heterocycles. The highest BCUT2D eigenvalue weighted by Gasteiger charge is 2.39. The maximum Gasteiger partial charge on any atom is 0.0579 e. The Bertz CT molecular complexity index is 499. The fourth-order valence-corrected chi connectivity index (χ4v) is 4.05. The summed E-state index contributed by atoms with van der Waals surface area (Å²) >= 11 is 0. The first-order valence-corrected chi connectivity index (χ1v) is 9.11. The Morgan fingerprint density at radius 1 is 1.22 bits per heavy atom. The van der Waals surface area contributed by atoms with E-state index >= 15 is 0 Å². The Morgan fingerprint density at radius 2 is 1.91 bits per heavy atom. The summed E-state index contributed by atoms with van der Waals surface area (Å²) in [6.45, 7) is 7.00. The second-order valence-corrected chi connectivity index (χ2v) is 7.89. The number of aryl methyl sites for hydroxylation is 1. The number of aliphatic hydroxyl groups is 1. The molecule has 2 aliphatic rings. The van der Waals surface area contributed by atoms with Crippen LogP contribution in [-0.2, 0) is 4.74 Å². The lowest BCUT2D eigenvalue weighted by Gasteiger charge is -2.42. The van der Waals surface area contributed by atoms with Crippen molar-refractivity contribution in [2.45, 2.75) is 45.6 Å². The van der Waals surface area contributed by atoms with E-state index < -0.39 is 0 Å². The van der Waals surface area contributed by atoms with Crippen molar-refractivity contribution in [2.75, 3.05) is 26.4 Å². The molecular formula is C20H31NO2. The Morgan fingerprint density at radius 3 is 2.48 bits per heavy atom. The molecule has 1 saturated carbocycles. The molecule has 1 aliphatic carbocycles. The lowest BCUT2D eigenvalue weighted by Crippen LogP contribution is -2.53. The molecule has 1 unspecified atom stereocenters. The quantitative estimate of drug-likeness (QED) is 0.844. The van der Waals surface area contributed by atoms with E-state index in [1.54, 1.807) is 0 Å². The molecule has 0 spiro atoms. The molecule has 1 aromatic rings. The fourth-order valence-electron chi connectivity index (χ4n) is 4.05. The first-order chi connectivity index (χ1) is 11.1. The van der Waals surface area contributed by atoms with Gasteiger partial charge in [-0.1, -0.05) is 44.0 Å². The van der Waals surface area contributed by atoms with E-state index in [0.29, 0.717) is 25.2 Å². The summed E-state index contributed by atoms with van der Waals surface area (Å²) in [5, 5.41) is 13.5. The molecule has 3 heteroatoms. The molecule has 128 valence electrons. The molecular weight excluding hydrogens is 286 g/mol. The van der Waals surface area contributed by atoms with Crippen molar-refractivity contribution in [3.8, 4) is 0 Å². The van der Waals surface area contributed by atoms with Crippen LogP contribution in [0.2, 0.25) is 0 Å². The molecule has 1 aromatic carbocycles. The van der Waals surface area contributed by atoms with Gasteiger partial charge < -0.3 is 15.2 Å². The van der Waals surface area contributed by atoms with Crippen molar-refractivity contribution in [2.24, 2.45) is 17.3 Å². The number of ether oxygens (including phenoxy) is 1. The fraction of sp³-hybridized carbons (Fsp3) is 0.700. The summed E-state index contributed by atoms with van der Waals surface area (Å²) in [6.07, 6.45) is 5.28. The van der Waals surface area contributed by atoms with Crippen molar-refractivity contribution in [1.29, 1.82) is 0 Å². The third-order valence-corrected chi connectivity index (χ3v) is 5.90. The normalized spacial score (nSPS) is 28.1. The number of rotatable bonds is 6. The molecule has 0 aromatic heterocycles. The van der Waals surface area contributed by atoms with Crippen molar-refractivity contribution < 1.29 is 9.84 Å². The average Bonchev–Trinajstić information content (AvgIpc) is 2.53. The molecule has 2 fully saturated rings. The summed E-state index contributed by atoms with van der Waals surface area (Å²) in [4.78, 5) is 0. The second-order valence-electron chi connectivity index (χ2n) is 7.89. The van der Waals surface area contributed by atoms with Crippen LogP contribution in [0.25, 0.3) is 0 Å². The van der Waals surface area contributed by atoms with Crippen LogP contribution in [0.3, 0.4) is 0 Å². The number of hydrogen-bond donors (Lipinski definition) is 2. The third-order valence-electron chi connectivity index (χ3n) is 5.90. The SMILES string of the molecule is Cc1ccccc1C(NCC1(CO)COC1)C1CCC(C)CC1. The predicted octanol–water partition coefficient (Wildman–Crippen LogP) is 3.46. The van der Waals surface area contributed by atoms with E-state index in [1.165, 1.54) is 36.8 Å². The monoisotopic (exact) mass is 317 g/mol. The highest BCUT2D eigenvalue weighted by molar-refractivity contribution is 5.29. The van der Waals surface area contributed by atoms with Gasteiger partial charge in [0.2, 0.25) is 0 Å². The van der Waals surface area contributed by atoms with E-state index in [-0.39, 0.29) is 12.0 Å². The zero-order valence-corrected chi connectivity index (χ0v) is 14.6. The molecule has 0 amide bonds. The van der Waals surface area contributed by atoms with Crippen LogP contribution < -0.4 is 5.32 Å². The number of hydrogen-bond acceptors (Lipinski definition) is 3. The third kappa shape index (κ3) is 3.78. The van der Waals surface area contributed by atoms with Crippen LogP contribution in [0.4, 0.5) is 0 Å². The molecule has 23 heavy (non-hydrogen) atoms. The van der Waals surface area contributed by atoms with Crippen LogP contribution in [0, 0.1) is 24.2 Å². The molecule has 3 nitrogen and oxygen atoms in total. The van der Waals surface area contributed by atoms with E-state index in [2.05, 4.69) is 43.4 Å². The maximum absolute atomic E-state index is 9.70. The van der Waals surface area contributed by atoms with Crippen LogP contribution in [0.1, 0.15) is 49.8 Å². The summed E-state index contributed by atoms with van der Waals surface area (Å²) in [5.74, 6) is 1.57. The Balaban J connectivity index is 1.74. The molecule has 2 N–H and O–H groups in total. The lowest BCUT2D eigenvalue weighted by atomic mass is 9.76. The number of benzene rings is 1. The molecule has 3 rings (SSSR count). The summed E-state index contributed by atoms with van der Waals surface area (Å²) in [5.41, 5.74) is 2.73. The number of nitrogens with one attached hydrogen (secondary N) is 1. The zero-order valence-electron chi connectivity index (χ0n) is 14.6. The van der Waals surface area contributed by atoms with Gasteiger partial charge in [0, 0.05) is 12.6 Å². The standard InChI is InChI=1S/C20H31NO2/c1-15-7-9-17(10-8-15)19(18-6-4-3-5-16(18)2)21-11-20(12-22)13-23-14-20/h3-6,15,17,19,21-22H,7-14H2,1-2H3. The minimum Gasteiger partial charge on any atom is -0.396 e. The molecule has 0 bridgehead atoms. The van der Waals surface area contributed by atoms with E-state index in [4.69, 9.17) is 4.74 Å². The van der Waals surface area contributed by atoms with Crippen molar-refractivity contribution in [3.63, 3.8) is 0 Å². The maximum atomic E-state index is 9.70. The van der Waals surface area contributed by atoms with Gasteiger partial charge in [-0.3, -0.25) is 0 Å². The molecule has 1 saturated heterocycles. The van der Waals surface area contributed by atoms with Crippen molar-refractivity contribution in [3.05, 3.63) is 35.4 Å². The topological polar surface area (TPSA) is 41.5 Å². The van der Waals surface area contributed by atoms with Gasteiger partial charge in [0.05, 0.1) is 25.2 Å². The van der Waals surface area contributed by atoms with Crippen LogP contribution >= 0.6 is 0 Å². The predicted molar refractivity (Wildman–Crippen MR) is 93.4 cm³/mol. The smallest absolute Gasteiger partial charge is 0.0579 e. The van der Waals surface area contributed by atoms with E-state index in [0.717, 1.165) is 12.5 Å². The first kappa shape index (κ1) is 16.9. The van der Waals surface area contributed by atoms with Gasteiger partial charge >= 0.3 is 0 Å². The average molecular weight is 317 g/mol. The highest BCUT2D eigenvalue weighted by Crippen LogP contribution is 2.38. The largest absolute Gasteiger partial charge is 0.396 e. The first-order valence-electron chi connectivity index (χ1n) is 9.11. The minimum absolute atomic E-state index is 0.0666. The van der Waals surface area contributed by atoms with Gasteiger partial charge in [0.25, 0.3) is 0 Å².